The molecule has 0 heterocycles. The zero-order chi connectivity index (χ0) is 21.7. The number of aliphatic carboxylic acids is 1. The molecule has 1 aliphatic rings. The summed E-state index contributed by atoms with van der Waals surface area (Å²) in [5, 5.41) is 14.3. The fourth-order valence-electron chi connectivity index (χ4n) is 3.17. The zero-order valence-electron chi connectivity index (χ0n) is 15.8. The van der Waals surface area contributed by atoms with E-state index < -0.39 is 23.9 Å². The number of hydrogen-bond acceptors (Lipinski definition) is 3. The highest BCUT2D eigenvalue weighted by Gasteiger charge is 2.24. The molecule has 7 nitrogen and oxygen atoms in total. The number of benzene rings is 2. The van der Waals surface area contributed by atoms with Gasteiger partial charge in [0.15, 0.2) is 0 Å². The van der Waals surface area contributed by atoms with E-state index in [9.17, 15) is 19.5 Å². The molecule has 30 heavy (non-hydrogen) atoms. The van der Waals surface area contributed by atoms with Gasteiger partial charge in [-0.15, -0.1) is 0 Å². The van der Waals surface area contributed by atoms with Gasteiger partial charge in [-0.1, -0.05) is 53.5 Å². The summed E-state index contributed by atoms with van der Waals surface area (Å²) < 4.78 is 0. The molecule has 0 bridgehead atoms. The summed E-state index contributed by atoms with van der Waals surface area (Å²) in [6.07, 6.45) is 2.04. The molecule has 0 aliphatic heterocycles. The highest BCUT2D eigenvalue weighted by molar-refractivity contribution is 6.39. The van der Waals surface area contributed by atoms with Gasteiger partial charge in [0.1, 0.15) is 6.04 Å². The Morgan fingerprint density at radius 3 is 2.33 bits per heavy atom. The minimum atomic E-state index is -1.37. The van der Waals surface area contributed by atoms with Crippen molar-refractivity contribution in [2.45, 2.75) is 25.3 Å². The van der Waals surface area contributed by atoms with E-state index in [4.69, 9.17) is 23.2 Å². The second kappa shape index (κ2) is 9.73. The van der Waals surface area contributed by atoms with Crippen LogP contribution in [0.4, 0.5) is 4.79 Å². The number of rotatable bonds is 5. The molecule has 1 atom stereocenters. The Labute approximate surface area is 183 Å². The molecule has 2 aromatic rings. The lowest BCUT2D eigenvalue weighted by Crippen LogP contribution is -2.48. The van der Waals surface area contributed by atoms with Crippen LogP contribution >= 0.6 is 23.2 Å². The first-order valence-electron chi connectivity index (χ1n) is 9.24. The Morgan fingerprint density at radius 1 is 1.00 bits per heavy atom. The van der Waals surface area contributed by atoms with E-state index in [1.807, 2.05) is 18.2 Å². The molecule has 156 valence electrons. The maximum Gasteiger partial charge on any atom is 0.340 e. The number of fused-ring (bicyclic) bond motifs is 1. The number of carboxylic acid groups (broad SMARTS) is 1. The number of halogens is 2. The van der Waals surface area contributed by atoms with Crippen LogP contribution in [0.1, 0.15) is 27.9 Å². The van der Waals surface area contributed by atoms with Crippen LogP contribution in [0.2, 0.25) is 10.0 Å². The smallest absolute Gasteiger partial charge is 0.340 e. The normalized spacial score (nSPS) is 15.2. The van der Waals surface area contributed by atoms with Crippen molar-refractivity contribution < 1.29 is 19.5 Å². The molecule has 0 aromatic heterocycles. The van der Waals surface area contributed by atoms with Crippen LogP contribution in [0.3, 0.4) is 0 Å². The first-order chi connectivity index (χ1) is 14.3. The standard InChI is InChI=1S/C21H19Cl2N3O4/c22-15-6-3-7-16(23)18(15)19(27)26-17(20(28)29)11-24-21(30)25-14-9-8-12-4-1-2-5-13(12)10-14/h1-7,17H,8-11H2,(H,24,30)(H,26,27)(H,28,29)/b25-14+/t17-/m0/s1. The molecular formula is C21H19Cl2N3O4. The fraction of sp³-hybridized carbons (Fsp3) is 0.238. The van der Waals surface area contributed by atoms with Crippen LogP contribution in [0.15, 0.2) is 47.5 Å². The van der Waals surface area contributed by atoms with Crippen molar-refractivity contribution in [3.05, 3.63) is 69.2 Å². The fourth-order valence-corrected chi connectivity index (χ4v) is 3.74. The van der Waals surface area contributed by atoms with Gasteiger partial charge in [0.25, 0.3) is 5.91 Å². The van der Waals surface area contributed by atoms with Crippen LogP contribution in [0.25, 0.3) is 0 Å². The largest absolute Gasteiger partial charge is 0.480 e. The second-order valence-corrected chi connectivity index (χ2v) is 7.58. The number of hydrogen-bond donors (Lipinski definition) is 3. The van der Waals surface area contributed by atoms with Gasteiger partial charge < -0.3 is 15.7 Å². The summed E-state index contributed by atoms with van der Waals surface area (Å²) in [7, 11) is 0. The molecule has 0 saturated carbocycles. The molecule has 9 heteroatoms. The summed E-state index contributed by atoms with van der Waals surface area (Å²) in [5.41, 5.74) is 3.07. The van der Waals surface area contributed by atoms with E-state index in [0.717, 1.165) is 17.7 Å². The number of amides is 3. The third-order valence-corrected chi connectivity index (χ3v) is 5.34. The molecular weight excluding hydrogens is 429 g/mol. The number of carbonyl (C=O) groups is 3. The number of carbonyl (C=O) groups excluding carboxylic acids is 2. The van der Waals surface area contributed by atoms with Crippen LogP contribution in [-0.2, 0) is 17.6 Å². The van der Waals surface area contributed by atoms with Gasteiger partial charge in [-0.05, 0) is 36.1 Å². The maximum absolute atomic E-state index is 12.4. The molecule has 3 amide bonds. The third kappa shape index (κ3) is 5.37. The summed E-state index contributed by atoms with van der Waals surface area (Å²) in [4.78, 5) is 40.1. The predicted octanol–water partition coefficient (Wildman–Crippen LogP) is 3.52. The Bertz CT molecular complexity index is 1000. The molecule has 0 fully saturated rings. The Kier molecular flexibility index (Phi) is 7.07. The molecule has 0 saturated heterocycles. The topological polar surface area (TPSA) is 108 Å². The van der Waals surface area contributed by atoms with Crippen molar-refractivity contribution in [3.8, 4) is 0 Å². The van der Waals surface area contributed by atoms with Crippen LogP contribution in [0, 0.1) is 0 Å². The number of carboxylic acids is 1. The van der Waals surface area contributed by atoms with E-state index in [2.05, 4.69) is 21.7 Å². The van der Waals surface area contributed by atoms with Gasteiger partial charge in [0.2, 0.25) is 0 Å². The quantitative estimate of drug-likeness (QED) is 0.651. The SMILES string of the molecule is O=C(/N=C1\CCc2ccccc2C1)NC[C@H](NC(=O)c1c(Cl)cccc1Cl)C(=O)O. The van der Waals surface area contributed by atoms with Crippen LogP contribution in [0.5, 0.6) is 0 Å². The van der Waals surface area contributed by atoms with Crippen molar-refractivity contribution in [3.63, 3.8) is 0 Å². The van der Waals surface area contributed by atoms with Gasteiger partial charge >= 0.3 is 12.0 Å². The van der Waals surface area contributed by atoms with E-state index in [-0.39, 0.29) is 22.2 Å². The van der Waals surface area contributed by atoms with E-state index in [1.165, 1.54) is 17.7 Å². The Balaban J connectivity index is 1.60. The number of aryl methyl sites for hydroxylation is 1. The van der Waals surface area contributed by atoms with E-state index in [1.54, 1.807) is 6.07 Å². The minimum Gasteiger partial charge on any atom is -0.480 e. The van der Waals surface area contributed by atoms with Crippen molar-refractivity contribution in [2.24, 2.45) is 4.99 Å². The van der Waals surface area contributed by atoms with Gasteiger partial charge in [0, 0.05) is 12.1 Å². The summed E-state index contributed by atoms with van der Waals surface area (Å²) in [5.74, 6) is -2.06. The lowest BCUT2D eigenvalue weighted by atomic mass is 9.90. The monoisotopic (exact) mass is 447 g/mol. The van der Waals surface area contributed by atoms with Crippen molar-refractivity contribution in [1.29, 1.82) is 0 Å². The minimum absolute atomic E-state index is 0.0282. The molecule has 1 aliphatic carbocycles. The molecule has 0 unspecified atom stereocenters. The summed E-state index contributed by atoms with van der Waals surface area (Å²) >= 11 is 12.0. The highest BCUT2D eigenvalue weighted by Crippen LogP contribution is 2.24. The third-order valence-electron chi connectivity index (χ3n) is 4.71. The van der Waals surface area contributed by atoms with Gasteiger partial charge in [-0.25, -0.2) is 14.6 Å². The number of nitrogens with zero attached hydrogens (tertiary/aromatic N) is 1. The molecule has 0 spiro atoms. The number of urea groups is 1. The number of aliphatic imine (C=N–C) groups is 1. The van der Waals surface area contributed by atoms with Crippen molar-refractivity contribution in [1.82, 2.24) is 10.6 Å². The van der Waals surface area contributed by atoms with Crippen LogP contribution < -0.4 is 10.6 Å². The van der Waals surface area contributed by atoms with Gasteiger partial charge in [-0.2, -0.15) is 0 Å². The van der Waals surface area contributed by atoms with Gasteiger partial charge in [-0.3, -0.25) is 4.79 Å². The molecule has 3 N–H and O–H groups in total. The first-order valence-corrected chi connectivity index (χ1v) is 9.99. The molecule has 2 aromatic carbocycles. The summed E-state index contributed by atoms with van der Waals surface area (Å²) in [6, 6.07) is 10.4. The van der Waals surface area contributed by atoms with E-state index in [0.29, 0.717) is 12.8 Å². The molecule has 3 rings (SSSR count). The number of nitrogens with one attached hydrogen (secondary N) is 2. The zero-order valence-corrected chi connectivity index (χ0v) is 17.3. The average molecular weight is 448 g/mol. The highest BCUT2D eigenvalue weighted by atomic mass is 35.5. The molecule has 0 radical (unpaired) electrons. The van der Waals surface area contributed by atoms with Gasteiger partial charge in [0.05, 0.1) is 22.2 Å². The Morgan fingerprint density at radius 2 is 1.67 bits per heavy atom. The maximum atomic E-state index is 12.4. The second-order valence-electron chi connectivity index (χ2n) is 6.77. The van der Waals surface area contributed by atoms with Crippen molar-refractivity contribution >= 4 is 46.8 Å². The van der Waals surface area contributed by atoms with Crippen LogP contribution in [-0.4, -0.2) is 41.3 Å². The summed E-state index contributed by atoms with van der Waals surface area (Å²) in [6.45, 7) is -0.338. The van der Waals surface area contributed by atoms with E-state index >= 15 is 0 Å². The average Bonchev–Trinajstić information content (AvgIpc) is 2.70. The Hall–Kier alpha value is -2.90. The predicted molar refractivity (Wildman–Crippen MR) is 115 cm³/mol. The van der Waals surface area contributed by atoms with Crippen molar-refractivity contribution in [2.75, 3.05) is 6.54 Å². The first kappa shape index (κ1) is 21.8. The lowest BCUT2D eigenvalue weighted by molar-refractivity contribution is -0.139. The lowest BCUT2D eigenvalue weighted by Gasteiger charge is -2.18.